The largest absolute Gasteiger partial charge is 0.294 e. The van der Waals surface area contributed by atoms with Gasteiger partial charge in [-0.1, -0.05) is 22.9 Å². The van der Waals surface area contributed by atoms with Gasteiger partial charge in [0.15, 0.2) is 21.5 Å². The van der Waals surface area contributed by atoms with E-state index in [9.17, 15) is 17.2 Å². The number of aromatic nitrogens is 4. The Balaban J connectivity index is 2.35. The maximum Gasteiger partial charge on any atom is 0.291 e. The molecule has 0 atom stereocenters. The van der Waals surface area contributed by atoms with E-state index in [1.807, 2.05) is 0 Å². The number of hydrogen-bond acceptors (Lipinski definition) is 7. The van der Waals surface area contributed by atoms with E-state index in [0.29, 0.717) is 11.3 Å². The van der Waals surface area contributed by atoms with Crippen molar-refractivity contribution in [1.29, 1.82) is 5.26 Å². The maximum atomic E-state index is 12.7. The molecule has 7 nitrogen and oxygen atoms in total. The first-order valence-electron chi connectivity index (χ1n) is 5.90. The molecule has 3 heterocycles. The average Bonchev–Trinajstić information content (AvgIpc) is 3.10. The van der Waals surface area contributed by atoms with Crippen LogP contribution in [0.2, 0.25) is 5.02 Å². The van der Waals surface area contributed by atoms with Gasteiger partial charge in [-0.2, -0.15) is 5.26 Å². The third kappa shape index (κ3) is 2.82. The quantitative estimate of drug-likeness (QED) is 0.615. The third-order valence-corrected chi connectivity index (χ3v) is 5.40. The van der Waals surface area contributed by atoms with Gasteiger partial charge in [-0.15, -0.1) is 10.2 Å². The van der Waals surface area contributed by atoms with Crippen LogP contribution in [-0.4, -0.2) is 28.0 Å². The normalized spacial score (nSPS) is 12.0. The Bertz CT molecular complexity index is 1100. The van der Waals surface area contributed by atoms with E-state index in [0.717, 1.165) is 16.7 Å². The lowest BCUT2D eigenvalue weighted by Crippen LogP contribution is -1.97. The van der Waals surface area contributed by atoms with Crippen molar-refractivity contribution in [2.45, 2.75) is 11.3 Å². The zero-order chi connectivity index (χ0) is 17.6. The molecule has 0 aliphatic carbocycles. The van der Waals surface area contributed by atoms with E-state index in [-0.39, 0.29) is 32.0 Å². The summed E-state index contributed by atoms with van der Waals surface area (Å²) >= 11 is 6.58. The highest BCUT2D eigenvalue weighted by Gasteiger charge is 2.23. The number of rotatable bonds is 3. The van der Waals surface area contributed by atoms with Crippen molar-refractivity contribution >= 4 is 48.2 Å². The fourth-order valence-electron chi connectivity index (χ4n) is 1.92. The average molecular weight is 410 g/mol. The standard InChI is InChI=1S/C11H3Cl2F2N5O2S2/c12-5-1-4(24(13,21)22)3-20-7(5)6(2-16)17-9(20)11-19-18-10(23-11)8(14)15/h1,3,8H. The van der Waals surface area contributed by atoms with E-state index >= 15 is 0 Å². The molecule has 0 N–H and O–H groups in total. The Morgan fingerprint density at radius 3 is 2.62 bits per heavy atom. The van der Waals surface area contributed by atoms with Crippen molar-refractivity contribution in [3.8, 4) is 16.9 Å². The van der Waals surface area contributed by atoms with Crippen LogP contribution in [0.5, 0.6) is 0 Å². The van der Waals surface area contributed by atoms with E-state index in [1.165, 1.54) is 0 Å². The summed E-state index contributed by atoms with van der Waals surface area (Å²) in [7, 11) is 1.19. The summed E-state index contributed by atoms with van der Waals surface area (Å²) in [5.41, 5.74) is -0.0191. The van der Waals surface area contributed by atoms with Crippen molar-refractivity contribution < 1.29 is 17.2 Å². The lowest BCUT2D eigenvalue weighted by Gasteiger charge is -2.03. The molecule has 0 saturated heterocycles. The maximum absolute atomic E-state index is 12.7. The van der Waals surface area contributed by atoms with Gasteiger partial charge in [0.1, 0.15) is 16.5 Å². The molecule has 3 aromatic rings. The Hall–Kier alpha value is -1.87. The number of halogens is 4. The number of alkyl halides is 2. The summed E-state index contributed by atoms with van der Waals surface area (Å²) in [6, 6.07) is 2.86. The van der Waals surface area contributed by atoms with Crippen molar-refractivity contribution in [2.75, 3.05) is 0 Å². The molecule has 0 aliphatic heterocycles. The second-order valence-corrected chi connectivity index (χ2v) is 8.30. The van der Waals surface area contributed by atoms with Gasteiger partial charge in [0.05, 0.1) is 5.02 Å². The summed E-state index contributed by atoms with van der Waals surface area (Å²) in [6.07, 6.45) is -1.74. The first-order chi connectivity index (χ1) is 11.2. The molecule has 0 spiro atoms. The molecule has 0 unspecified atom stereocenters. The number of nitrogens with zero attached hydrogens (tertiary/aromatic N) is 5. The van der Waals surface area contributed by atoms with E-state index in [1.54, 1.807) is 6.07 Å². The van der Waals surface area contributed by atoms with Crippen LogP contribution in [0.25, 0.3) is 16.3 Å². The van der Waals surface area contributed by atoms with Crippen LogP contribution < -0.4 is 0 Å². The lowest BCUT2D eigenvalue weighted by atomic mass is 10.3. The minimum atomic E-state index is -4.12. The Morgan fingerprint density at radius 2 is 2.08 bits per heavy atom. The monoisotopic (exact) mass is 409 g/mol. The van der Waals surface area contributed by atoms with Crippen LogP contribution in [0.15, 0.2) is 17.2 Å². The number of imidazole rings is 1. The predicted octanol–water partition coefficient (Wildman–Crippen LogP) is 3.24. The van der Waals surface area contributed by atoms with Crippen molar-refractivity contribution in [3.05, 3.63) is 28.0 Å². The van der Waals surface area contributed by atoms with Crippen LogP contribution in [-0.2, 0) is 9.05 Å². The van der Waals surface area contributed by atoms with Crippen molar-refractivity contribution in [3.63, 3.8) is 0 Å². The topological polar surface area (TPSA) is 101 Å². The molecule has 13 heteroatoms. The van der Waals surface area contributed by atoms with Gasteiger partial charge in [-0.05, 0) is 6.07 Å². The second-order valence-electron chi connectivity index (χ2n) is 4.32. The lowest BCUT2D eigenvalue weighted by molar-refractivity contribution is 0.150. The first kappa shape index (κ1) is 17.0. The summed E-state index contributed by atoms with van der Waals surface area (Å²) in [5.74, 6) is -0.0463. The van der Waals surface area contributed by atoms with Crippen molar-refractivity contribution in [1.82, 2.24) is 19.6 Å². The fourth-order valence-corrected chi connectivity index (χ4v) is 3.71. The van der Waals surface area contributed by atoms with Gasteiger partial charge in [-0.25, -0.2) is 22.2 Å². The van der Waals surface area contributed by atoms with E-state index < -0.39 is 20.5 Å². The molecule has 0 fully saturated rings. The number of fused-ring (bicyclic) bond motifs is 1. The number of nitriles is 1. The highest BCUT2D eigenvalue weighted by molar-refractivity contribution is 8.13. The molecule has 0 radical (unpaired) electrons. The Labute approximate surface area is 146 Å². The fraction of sp³-hybridized carbons (Fsp3) is 0.0909. The van der Waals surface area contributed by atoms with Crippen LogP contribution in [0.1, 0.15) is 17.1 Å². The number of hydrogen-bond donors (Lipinski definition) is 0. The van der Waals surface area contributed by atoms with Gasteiger partial charge in [0.2, 0.25) is 0 Å². The molecule has 0 bridgehead atoms. The summed E-state index contributed by atoms with van der Waals surface area (Å²) in [5, 5.41) is 15.4. The molecule has 3 rings (SSSR count). The Morgan fingerprint density at radius 1 is 1.38 bits per heavy atom. The van der Waals surface area contributed by atoms with Gasteiger partial charge in [0.25, 0.3) is 15.5 Å². The highest BCUT2D eigenvalue weighted by Crippen LogP contribution is 2.33. The van der Waals surface area contributed by atoms with E-state index in [2.05, 4.69) is 15.2 Å². The van der Waals surface area contributed by atoms with Gasteiger partial charge >= 0.3 is 0 Å². The predicted molar refractivity (Wildman–Crippen MR) is 81.8 cm³/mol. The zero-order valence-corrected chi connectivity index (χ0v) is 14.3. The van der Waals surface area contributed by atoms with Crippen LogP contribution in [0.3, 0.4) is 0 Å². The van der Waals surface area contributed by atoms with E-state index in [4.69, 9.17) is 27.5 Å². The molecule has 0 aliphatic rings. The van der Waals surface area contributed by atoms with Gasteiger partial charge in [0, 0.05) is 16.9 Å². The van der Waals surface area contributed by atoms with Crippen LogP contribution >= 0.6 is 33.6 Å². The molecular weight excluding hydrogens is 407 g/mol. The molecular formula is C11H3Cl2F2N5O2S2. The molecule has 0 saturated carbocycles. The minimum Gasteiger partial charge on any atom is -0.294 e. The summed E-state index contributed by atoms with van der Waals surface area (Å²) in [4.78, 5) is 3.63. The van der Waals surface area contributed by atoms with Crippen LogP contribution in [0, 0.1) is 11.3 Å². The van der Waals surface area contributed by atoms with Gasteiger partial charge < -0.3 is 0 Å². The summed E-state index contributed by atoms with van der Waals surface area (Å²) < 4.78 is 49.6. The first-order valence-corrected chi connectivity index (χ1v) is 9.41. The number of pyridine rings is 1. The summed E-state index contributed by atoms with van der Waals surface area (Å²) in [6.45, 7) is 0. The molecule has 0 amide bonds. The van der Waals surface area contributed by atoms with Crippen molar-refractivity contribution in [2.24, 2.45) is 0 Å². The molecule has 0 aromatic carbocycles. The molecule has 3 aromatic heterocycles. The smallest absolute Gasteiger partial charge is 0.291 e. The third-order valence-electron chi connectivity index (χ3n) is 2.87. The van der Waals surface area contributed by atoms with Crippen LogP contribution in [0.4, 0.5) is 8.78 Å². The Kier molecular flexibility index (Phi) is 4.16. The van der Waals surface area contributed by atoms with Gasteiger partial charge in [-0.3, -0.25) is 4.40 Å². The SMILES string of the molecule is N#Cc1nc(-c2nnc(C(F)F)s2)n2cc(S(=O)(=O)Cl)cc(Cl)c12. The zero-order valence-electron chi connectivity index (χ0n) is 11.1. The minimum absolute atomic E-state index is 0.0259. The second kappa shape index (κ2) is 5.89. The highest BCUT2D eigenvalue weighted by atomic mass is 35.7. The molecule has 24 heavy (non-hydrogen) atoms. The molecule has 124 valence electrons.